The molecule has 110 valence electrons. The van der Waals surface area contributed by atoms with E-state index in [0.29, 0.717) is 17.3 Å². The van der Waals surface area contributed by atoms with E-state index < -0.39 is 0 Å². The zero-order valence-corrected chi connectivity index (χ0v) is 12.2. The third-order valence-corrected chi connectivity index (χ3v) is 3.27. The zero-order valence-electron chi connectivity index (χ0n) is 11.5. The van der Waals surface area contributed by atoms with Crippen molar-refractivity contribution in [2.24, 2.45) is 0 Å². The van der Waals surface area contributed by atoms with E-state index in [1.54, 1.807) is 12.1 Å². The van der Waals surface area contributed by atoms with Crippen LogP contribution < -0.4 is 10.6 Å². The molecule has 0 saturated carbocycles. The number of hydrogen-bond donors (Lipinski definition) is 3. The van der Waals surface area contributed by atoms with Gasteiger partial charge < -0.3 is 15.7 Å². The highest BCUT2D eigenvalue weighted by Crippen LogP contribution is 2.19. The molecule has 0 aromatic heterocycles. The smallest absolute Gasteiger partial charge is 0.238 e. The van der Waals surface area contributed by atoms with Gasteiger partial charge in [-0.25, -0.2) is 0 Å². The van der Waals surface area contributed by atoms with E-state index in [0.717, 1.165) is 11.1 Å². The monoisotopic (exact) mass is 304 g/mol. The third kappa shape index (κ3) is 4.86. The summed E-state index contributed by atoms with van der Waals surface area (Å²) in [7, 11) is 0. The topological polar surface area (TPSA) is 61.4 Å². The molecule has 0 aliphatic carbocycles. The Hall–Kier alpha value is -1.88. The maximum Gasteiger partial charge on any atom is 0.238 e. The van der Waals surface area contributed by atoms with Crippen LogP contribution in [0.2, 0.25) is 5.02 Å². The number of carbonyl (C=O) groups is 1. The number of nitrogens with one attached hydrogen (secondary N) is 2. The quantitative estimate of drug-likeness (QED) is 0.768. The van der Waals surface area contributed by atoms with E-state index in [1.165, 1.54) is 0 Å². The number of aliphatic hydroxyl groups is 1. The number of amides is 1. The van der Waals surface area contributed by atoms with Crippen LogP contribution >= 0.6 is 11.6 Å². The van der Waals surface area contributed by atoms with Crippen LogP contribution in [-0.4, -0.2) is 17.6 Å². The number of benzene rings is 2. The minimum Gasteiger partial charge on any atom is -0.392 e. The summed E-state index contributed by atoms with van der Waals surface area (Å²) in [6.45, 7) is 0.763. The van der Waals surface area contributed by atoms with Gasteiger partial charge in [-0.05, 0) is 23.3 Å². The molecule has 2 rings (SSSR count). The van der Waals surface area contributed by atoms with Crippen molar-refractivity contribution in [3.05, 3.63) is 64.7 Å². The van der Waals surface area contributed by atoms with Gasteiger partial charge in [0.25, 0.3) is 0 Å². The second-order valence-corrected chi connectivity index (χ2v) is 5.02. The fraction of sp³-hybridized carbons (Fsp3) is 0.188. The summed E-state index contributed by atoms with van der Waals surface area (Å²) in [6, 6.07) is 14.7. The Morgan fingerprint density at radius 3 is 2.62 bits per heavy atom. The Balaban J connectivity index is 1.80. The lowest BCUT2D eigenvalue weighted by atomic mass is 10.1. The van der Waals surface area contributed by atoms with Crippen molar-refractivity contribution in [3.63, 3.8) is 0 Å². The van der Waals surface area contributed by atoms with Gasteiger partial charge in [-0.1, -0.05) is 48.0 Å². The van der Waals surface area contributed by atoms with Crippen molar-refractivity contribution in [2.45, 2.75) is 13.2 Å². The van der Waals surface area contributed by atoms with Gasteiger partial charge in [-0.2, -0.15) is 0 Å². The van der Waals surface area contributed by atoms with Crippen LogP contribution in [0.25, 0.3) is 0 Å². The lowest BCUT2D eigenvalue weighted by Crippen LogP contribution is -2.27. The second-order valence-electron chi connectivity index (χ2n) is 4.61. The Morgan fingerprint density at radius 1 is 1.10 bits per heavy atom. The van der Waals surface area contributed by atoms with Gasteiger partial charge in [0.1, 0.15) is 0 Å². The fourth-order valence-electron chi connectivity index (χ4n) is 1.92. The van der Waals surface area contributed by atoms with Gasteiger partial charge in [-0.3, -0.25) is 4.79 Å². The number of aliphatic hydroxyl groups excluding tert-OH is 1. The van der Waals surface area contributed by atoms with Gasteiger partial charge in [0.15, 0.2) is 0 Å². The molecule has 0 saturated heterocycles. The van der Waals surface area contributed by atoms with E-state index in [-0.39, 0.29) is 19.1 Å². The molecule has 0 atom stereocenters. The summed E-state index contributed by atoms with van der Waals surface area (Å²) < 4.78 is 0. The van der Waals surface area contributed by atoms with Crippen molar-refractivity contribution in [1.82, 2.24) is 5.32 Å². The maximum absolute atomic E-state index is 11.8. The predicted octanol–water partition coefficient (Wildman–Crippen LogP) is 2.56. The molecule has 5 heteroatoms. The molecule has 0 aliphatic heterocycles. The first-order valence-electron chi connectivity index (χ1n) is 6.63. The summed E-state index contributed by atoms with van der Waals surface area (Å²) in [4.78, 5) is 11.8. The van der Waals surface area contributed by atoms with Crippen LogP contribution in [0, 0.1) is 0 Å². The number of rotatable bonds is 6. The summed E-state index contributed by atoms with van der Waals surface area (Å²) in [6.07, 6.45) is 0. The normalized spacial score (nSPS) is 10.4. The zero-order chi connectivity index (χ0) is 15.1. The number of hydrogen-bond acceptors (Lipinski definition) is 3. The minimum atomic E-state index is -0.151. The van der Waals surface area contributed by atoms with Gasteiger partial charge in [0.2, 0.25) is 5.91 Å². The number of carbonyl (C=O) groups excluding carboxylic acids is 1. The summed E-state index contributed by atoms with van der Waals surface area (Å²) in [5.41, 5.74) is 2.48. The molecule has 0 bridgehead atoms. The van der Waals surface area contributed by atoms with Crippen LogP contribution in [0.15, 0.2) is 48.5 Å². The Morgan fingerprint density at radius 2 is 1.86 bits per heavy atom. The summed E-state index contributed by atoms with van der Waals surface area (Å²) in [5.74, 6) is -0.151. The first-order chi connectivity index (χ1) is 10.2. The van der Waals surface area contributed by atoms with Crippen LogP contribution in [0.3, 0.4) is 0 Å². The van der Waals surface area contributed by atoms with Crippen molar-refractivity contribution < 1.29 is 9.90 Å². The molecule has 21 heavy (non-hydrogen) atoms. The Kier molecular flexibility index (Phi) is 5.75. The fourth-order valence-corrected chi connectivity index (χ4v) is 2.10. The summed E-state index contributed by atoms with van der Waals surface area (Å²) in [5, 5.41) is 15.4. The third-order valence-electron chi connectivity index (χ3n) is 2.94. The molecule has 0 aliphatic rings. The highest BCUT2D eigenvalue weighted by molar-refractivity contribution is 6.33. The highest BCUT2D eigenvalue weighted by atomic mass is 35.5. The Labute approximate surface area is 128 Å². The van der Waals surface area contributed by atoms with Crippen LogP contribution in [0.4, 0.5) is 5.69 Å². The molecule has 2 aromatic carbocycles. The van der Waals surface area contributed by atoms with Crippen molar-refractivity contribution >= 4 is 23.2 Å². The first-order valence-corrected chi connectivity index (χ1v) is 7.00. The molecule has 0 unspecified atom stereocenters. The summed E-state index contributed by atoms with van der Waals surface area (Å²) >= 11 is 5.97. The van der Waals surface area contributed by atoms with Crippen LogP contribution in [0.5, 0.6) is 0 Å². The van der Waals surface area contributed by atoms with Gasteiger partial charge in [0, 0.05) is 6.54 Å². The highest BCUT2D eigenvalue weighted by Gasteiger charge is 2.04. The van der Waals surface area contributed by atoms with E-state index in [4.69, 9.17) is 16.7 Å². The molecule has 2 aromatic rings. The molecule has 1 amide bonds. The molecule has 0 radical (unpaired) electrons. The lowest BCUT2D eigenvalue weighted by molar-refractivity contribution is -0.115. The molecule has 3 N–H and O–H groups in total. The van der Waals surface area contributed by atoms with Crippen molar-refractivity contribution in [3.8, 4) is 0 Å². The average Bonchev–Trinajstić information content (AvgIpc) is 2.50. The number of anilines is 1. The lowest BCUT2D eigenvalue weighted by Gasteiger charge is -2.08. The molecular weight excluding hydrogens is 288 g/mol. The molecule has 0 spiro atoms. The van der Waals surface area contributed by atoms with E-state index in [9.17, 15) is 4.79 Å². The Bertz CT molecular complexity index is 617. The van der Waals surface area contributed by atoms with Crippen LogP contribution in [-0.2, 0) is 17.9 Å². The second kappa shape index (κ2) is 7.78. The molecular formula is C16H17ClN2O2. The van der Waals surface area contributed by atoms with Crippen molar-refractivity contribution in [2.75, 3.05) is 11.9 Å². The largest absolute Gasteiger partial charge is 0.392 e. The molecule has 4 nitrogen and oxygen atoms in total. The van der Waals surface area contributed by atoms with E-state index in [1.807, 2.05) is 36.4 Å². The van der Waals surface area contributed by atoms with E-state index >= 15 is 0 Å². The SMILES string of the molecule is O=C(CNCc1cccc(CO)c1)Nc1ccccc1Cl. The number of para-hydroxylation sites is 1. The average molecular weight is 305 g/mol. The standard InChI is InChI=1S/C16H17ClN2O2/c17-14-6-1-2-7-15(14)19-16(21)10-18-9-12-4-3-5-13(8-12)11-20/h1-8,18,20H,9-11H2,(H,19,21). The van der Waals surface area contributed by atoms with Gasteiger partial charge >= 0.3 is 0 Å². The predicted molar refractivity (Wildman–Crippen MR) is 84.2 cm³/mol. The van der Waals surface area contributed by atoms with E-state index in [2.05, 4.69) is 10.6 Å². The molecule has 0 heterocycles. The minimum absolute atomic E-state index is 0.0147. The first kappa shape index (κ1) is 15.5. The maximum atomic E-state index is 11.8. The van der Waals surface area contributed by atoms with Crippen molar-refractivity contribution in [1.29, 1.82) is 0 Å². The molecule has 0 fully saturated rings. The van der Waals surface area contributed by atoms with Gasteiger partial charge in [-0.15, -0.1) is 0 Å². The van der Waals surface area contributed by atoms with Crippen LogP contribution in [0.1, 0.15) is 11.1 Å². The number of halogens is 1. The van der Waals surface area contributed by atoms with Gasteiger partial charge in [0.05, 0.1) is 23.9 Å².